The molecule has 2 aliphatic rings. The van der Waals surface area contributed by atoms with Crippen LogP contribution in [0.4, 0.5) is 0 Å². The summed E-state index contributed by atoms with van der Waals surface area (Å²) in [6.07, 6.45) is 2.68. The summed E-state index contributed by atoms with van der Waals surface area (Å²) in [5.74, 6) is 0.0680. The van der Waals surface area contributed by atoms with E-state index in [0.717, 1.165) is 25.8 Å². The summed E-state index contributed by atoms with van der Waals surface area (Å²) in [4.78, 5) is 33.4. The molecule has 0 spiro atoms. The van der Waals surface area contributed by atoms with Crippen LogP contribution in [0, 0.1) is 11.3 Å². The number of carboxylic acids is 1. The first-order valence-electron chi connectivity index (χ1n) is 8.12. The van der Waals surface area contributed by atoms with Gasteiger partial charge < -0.3 is 10.1 Å². The van der Waals surface area contributed by atoms with Crippen molar-refractivity contribution in [3.8, 4) is 0 Å². The molecule has 1 saturated heterocycles. The van der Waals surface area contributed by atoms with E-state index in [0.29, 0.717) is 34.8 Å². The molecule has 8 heteroatoms. The Morgan fingerprint density at radius 2 is 2.28 bits per heavy atom. The lowest BCUT2D eigenvalue weighted by Gasteiger charge is -2.23. The highest BCUT2D eigenvalue weighted by Crippen LogP contribution is 2.49. The van der Waals surface area contributed by atoms with Gasteiger partial charge in [0.1, 0.15) is 5.82 Å². The van der Waals surface area contributed by atoms with Crippen LogP contribution >= 0.6 is 24.0 Å². The van der Waals surface area contributed by atoms with E-state index in [1.54, 1.807) is 18.2 Å². The highest BCUT2D eigenvalue weighted by atomic mass is 35.5. The number of nitrogens with one attached hydrogen (secondary N) is 1. The Morgan fingerprint density at radius 1 is 1.48 bits per heavy atom. The van der Waals surface area contributed by atoms with Crippen molar-refractivity contribution >= 4 is 40.9 Å². The lowest BCUT2D eigenvalue weighted by Crippen LogP contribution is -2.35. The number of carboxylic acid groups (broad SMARTS) is 1. The Morgan fingerprint density at radius 3 is 3.00 bits per heavy atom. The molecule has 2 atom stereocenters. The van der Waals surface area contributed by atoms with E-state index in [2.05, 4.69) is 14.9 Å². The second-order valence-corrected chi connectivity index (χ2v) is 7.33. The van der Waals surface area contributed by atoms with Crippen molar-refractivity contribution in [3.63, 3.8) is 0 Å². The van der Waals surface area contributed by atoms with Crippen LogP contribution in [0.1, 0.15) is 25.1 Å². The van der Waals surface area contributed by atoms with Gasteiger partial charge in [-0.3, -0.25) is 14.5 Å². The van der Waals surface area contributed by atoms with Crippen LogP contribution in [0.15, 0.2) is 23.0 Å². The fourth-order valence-corrected chi connectivity index (χ4v) is 4.48. The third-order valence-electron chi connectivity index (χ3n) is 5.46. The minimum atomic E-state index is -0.692. The van der Waals surface area contributed by atoms with E-state index < -0.39 is 11.4 Å². The molecule has 4 rings (SSSR count). The minimum Gasteiger partial charge on any atom is -0.481 e. The van der Waals surface area contributed by atoms with Crippen molar-refractivity contribution in [2.45, 2.75) is 25.8 Å². The fourth-order valence-electron chi connectivity index (χ4n) is 4.31. The number of H-pyrrole nitrogens is 1. The first-order chi connectivity index (χ1) is 11.5. The molecule has 0 radical (unpaired) electrons. The van der Waals surface area contributed by atoms with Gasteiger partial charge in [-0.2, -0.15) is 0 Å². The second kappa shape index (κ2) is 6.59. The molecule has 2 aromatic rings. The number of fused-ring (bicyclic) bond motifs is 2. The van der Waals surface area contributed by atoms with Gasteiger partial charge in [0.15, 0.2) is 0 Å². The molecule has 2 heterocycles. The Labute approximate surface area is 155 Å². The molecular weight excluding hydrogens is 365 g/mol. The highest BCUT2D eigenvalue weighted by molar-refractivity contribution is 6.31. The van der Waals surface area contributed by atoms with Gasteiger partial charge in [-0.1, -0.05) is 18.0 Å². The molecule has 25 heavy (non-hydrogen) atoms. The zero-order valence-corrected chi connectivity index (χ0v) is 15.1. The van der Waals surface area contributed by atoms with Crippen molar-refractivity contribution in [1.82, 2.24) is 14.9 Å². The maximum Gasteiger partial charge on any atom is 0.311 e. The van der Waals surface area contributed by atoms with Crippen molar-refractivity contribution in [1.29, 1.82) is 0 Å². The smallest absolute Gasteiger partial charge is 0.311 e. The summed E-state index contributed by atoms with van der Waals surface area (Å²) in [5.41, 5.74) is -0.236. The number of benzene rings is 1. The van der Waals surface area contributed by atoms with Gasteiger partial charge in [-0.15, -0.1) is 12.4 Å². The van der Waals surface area contributed by atoms with Crippen LogP contribution in [-0.4, -0.2) is 39.0 Å². The number of likely N-dealkylation sites (tertiary alicyclic amines) is 1. The number of halogens is 2. The van der Waals surface area contributed by atoms with Gasteiger partial charge in [-0.25, -0.2) is 4.98 Å². The van der Waals surface area contributed by atoms with Crippen LogP contribution in [0.3, 0.4) is 0 Å². The van der Waals surface area contributed by atoms with Crippen molar-refractivity contribution in [2.24, 2.45) is 11.3 Å². The molecule has 0 bridgehead atoms. The monoisotopic (exact) mass is 383 g/mol. The quantitative estimate of drug-likeness (QED) is 0.850. The Kier molecular flexibility index (Phi) is 4.79. The molecule has 1 aliphatic carbocycles. The minimum absolute atomic E-state index is 0. The van der Waals surface area contributed by atoms with Crippen LogP contribution in [-0.2, 0) is 11.3 Å². The lowest BCUT2D eigenvalue weighted by molar-refractivity contribution is -0.149. The van der Waals surface area contributed by atoms with Gasteiger partial charge in [0.2, 0.25) is 0 Å². The largest absolute Gasteiger partial charge is 0.481 e. The van der Waals surface area contributed by atoms with Crippen molar-refractivity contribution < 1.29 is 9.90 Å². The molecular formula is C17H19Cl2N3O3. The topological polar surface area (TPSA) is 86.3 Å². The van der Waals surface area contributed by atoms with Gasteiger partial charge in [0.25, 0.3) is 5.56 Å². The predicted molar refractivity (Wildman–Crippen MR) is 97.3 cm³/mol. The van der Waals surface area contributed by atoms with E-state index in [4.69, 9.17) is 11.6 Å². The number of hydrogen-bond acceptors (Lipinski definition) is 4. The molecule has 134 valence electrons. The third kappa shape index (κ3) is 3.03. The molecule has 2 fully saturated rings. The van der Waals surface area contributed by atoms with E-state index in [9.17, 15) is 14.7 Å². The zero-order chi connectivity index (χ0) is 16.9. The highest BCUT2D eigenvalue weighted by Gasteiger charge is 2.54. The Hall–Kier alpha value is -1.63. The molecule has 1 aromatic carbocycles. The second-order valence-electron chi connectivity index (χ2n) is 6.89. The molecule has 0 amide bonds. The average Bonchev–Trinajstić information content (AvgIpc) is 3.06. The molecule has 0 unspecified atom stereocenters. The summed E-state index contributed by atoms with van der Waals surface area (Å²) in [6, 6.07) is 5.04. The number of carbonyl (C=O) groups is 1. The van der Waals surface area contributed by atoms with Crippen molar-refractivity contribution in [2.75, 3.05) is 13.1 Å². The van der Waals surface area contributed by atoms with Crippen molar-refractivity contribution in [3.05, 3.63) is 39.4 Å². The molecule has 1 saturated carbocycles. The van der Waals surface area contributed by atoms with E-state index >= 15 is 0 Å². The Bertz CT molecular complexity index is 885. The number of hydrogen-bond donors (Lipinski definition) is 2. The lowest BCUT2D eigenvalue weighted by atomic mass is 9.81. The fraction of sp³-hybridized carbons (Fsp3) is 0.471. The molecule has 2 N–H and O–H groups in total. The summed E-state index contributed by atoms with van der Waals surface area (Å²) in [5, 5.41) is 10.6. The van der Waals surface area contributed by atoms with Crippen LogP contribution < -0.4 is 5.56 Å². The van der Waals surface area contributed by atoms with E-state index in [1.807, 2.05) is 0 Å². The summed E-state index contributed by atoms with van der Waals surface area (Å²) >= 11 is 5.92. The van der Waals surface area contributed by atoms with Crippen LogP contribution in [0.2, 0.25) is 5.02 Å². The Balaban J connectivity index is 0.00000182. The van der Waals surface area contributed by atoms with Crippen LogP contribution in [0.5, 0.6) is 0 Å². The first-order valence-corrected chi connectivity index (χ1v) is 8.50. The maximum atomic E-state index is 12.2. The zero-order valence-electron chi connectivity index (χ0n) is 13.5. The summed E-state index contributed by atoms with van der Waals surface area (Å²) in [7, 11) is 0. The SMILES string of the molecule is Cl.O=C(O)[C@@]12CCC[C@H]1CN(Cc1nc3ccc(Cl)cc3c(=O)[nH]1)C2. The van der Waals surface area contributed by atoms with E-state index in [1.165, 1.54) is 0 Å². The first kappa shape index (κ1) is 18.2. The van der Waals surface area contributed by atoms with Crippen LogP contribution in [0.25, 0.3) is 10.9 Å². The number of aliphatic carboxylic acids is 1. The van der Waals surface area contributed by atoms with Gasteiger partial charge in [0.05, 0.1) is 22.9 Å². The average molecular weight is 384 g/mol. The standard InChI is InChI=1S/C17H18ClN3O3.ClH/c18-11-3-4-13-12(6-11)15(22)20-14(19-13)8-21-7-10-2-1-5-17(10,9-21)16(23)24;/h3-4,6,10H,1-2,5,7-9H2,(H,23,24)(H,19,20,22);1H/t10-,17+;/m0./s1. The number of rotatable bonds is 3. The number of nitrogens with zero attached hydrogens (tertiary/aromatic N) is 2. The molecule has 1 aromatic heterocycles. The summed E-state index contributed by atoms with van der Waals surface area (Å²) in [6.45, 7) is 1.73. The van der Waals surface area contributed by atoms with E-state index in [-0.39, 0.29) is 23.9 Å². The normalized spacial score (nSPS) is 25.7. The molecule has 6 nitrogen and oxygen atoms in total. The van der Waals surface area contributed by atoms with Gasteiger partial charge in [-0.05, 0) is 37.0 Å². The number of aromatic nitrogens is 2. The predicted octanol–water partition coefficient (Wildman–Crippen LogP) is 2.69. The van der Waals surface area contributed by atoms with Gasteiger partial charge >= 0.3 is 5.97 Å². The number of aromatic amines is 1. The maximum absolute atomic E-state index is 12.2. The molecule has 1 aliphatic heterocycles. The third-order valence-corrected chi connectivity index (χ3v) is 5.69. The van der Waals surface area contributed by atoms with Gasteiger partial charge in [0, 0.05) is 18.1 Å². The summed E-state index contributed by atoms with van der Waals surface area (Å²) < 4.78 is 0.